The zero-order chi connectivity index (χ0) is 13.5. The summed E-state index contributed by atoms with van der Waals surface area (Å²) >= 11 is 0. The maximum absolute atomic E-state index is 11.1. The van der Waals surface area contributed by atoms with Crippen LogP contribution >= 0.6 is 0 Å². The van der Waals surface area contributed by atoms with Gasteiger partial charge in [-0.3, -0.25) is 4.79 Å². The normalized spacial score (nSPS) is 35.9. The summed E-state index contributed by atoms with van der Waals surface area (Å²) in [5, 5.41) is 38.5. The number of amides is 1. The van der Waals surface area contributed by atoms with Crippen LogP contribution in [0.5, 0.6) is 0 Å². The van der Waals surface area contributed by atoms with Gasteiger partial charge >= 0.3 is 0 Å². The van der Waals surface area contributed by atoms with Crippen LogP contribution < -0.4 is 5.73 Å². The van der Waals surface area contributed by atoms with E-state index in [0.717, 1.165) is 6.33 Å². The number of hydrogen-bond acceptors (Lipinski definition) is 7. The Kier molecular flexibility index (Phi) is 3.09. The lowest BCUT2D eigenvalue weighted by Crippen LogP contribution is -2.42. The van der Waals surface area contributed by atoms with Crippen molar-refractivity contribution in [3.8, 4) is 0 Å². The predicted octanol–water partition coefficient (Wildman–Crippen LogP) is -3.23. The van der Waals surface area contributed by atoms with Crippen molar-refractivity contribution in [3.63, 3.8) is 0 Å². The van der Waals surface area contributed by atoms with Crippen molar-refractivity contribution in [3.05, 3.63) is 17.7 Å². The average Bonchev–Trinajstić information content (AvgIpc) is 2.90. The van der Waals surface area contributed by atoms with Gasteiger partial charge in [0.1, 0.15) is 24.0 Å². The molecule has 18 heavy (non-hydrogen) atoms. The highest BCUT2D eigenvalue weighted by atomic mass is 16.7. The number of primary amides is 1. The monoisotopic (exact) mass is 259 g/mol. The summed E-state index contributed by atoms with van der Waals surface area (Å²) < 4.78 is 4.98. The number of ether oxygens (including phenoxy) is 1. The van der Waals surface area contributed by atoms with Crippen LogP contribution in [0, 0.1) is 0 Å². The summed E-state index contributed by atoms with van der Waals surface area (Å²) in [6, 6.07) is 0. The smallest absolute Gasteiger partial charge is 0.269 e. The molecule has 0 aliphatic carbocycles. The second kappa shape index (κ2) is 4.30. The van der Waals surface area contributed by atoms with E-state index in [1.165, 1.54) is 0 Å². The van der Waals surface area contributed by atoms with E-state index in [4.69, 9.17) is 15.6 Å². The van der Waals surface area contributed by atoms with Crippen molar-refractivity contribution < 1.29 is 30.0 Å². The minimum Gasteiger partial charge on any atom is -0.394 e. The molecule has 1 aromatic rings. The summed E-state index contributed by atoms with van der Waals surface area (Å²) in [6.07, 6.45) is -3.37. The lowest BCUT2D eigenvalue weighted by Gasteiger charge is -2.25. The zero-order valence-electron chi connectivity index (χ0n) is 9.15. The fourth-order valence-corrected chi connectivity index (χ4v) is 1.91. The van der Waals surface area contributed by atoms with Gasteiger partial charge in [-0.05, 0) is 0 Å². The van der Waals surface area contributed by atoms with Gasteiger partial charge < -0.3 is 35.9 Å². The lowest BCUT2D eigenvalue weighted by molar-refractivity contribution is -0.242. The molecule has 9 heteroatoms. The van der Waals surface area contributed by atoms with Gasteiger partial charge in [0.15, 0.2) is 5.69 Å². The van der Waals surface area contributed by atoms with Crippen LogP contribution in [0.15, 0.2) is 6.33 Å². The number of aliphatic hydroxyl groups excluding tert-OH is 3. The fourth-order valence-electron chi connectivity index (χ4n) is 1.91. The maximum atomic E-state index is 11.1. The molecule has 2 rings (SSSR count). The molecule has 0 unspecified atom stereocenters. The highest BCUT2D eigenvalue weighted by Gasteiger charge is 2.56. The van der Waals surface area contributed by atoms with E-state index in [1.54, 1.807) is 0 Å². The number of rotatable bonds is 3. The first-order valence-electron chi connectivity index (χ1n) is 5.12. The van der Waals surface area contributed by atoms with Gasteiger partial charge in [-0.25, -0.2) is 4.98 Å². The molecule has 0 saturated carbocycles. The van der Waals surface area contributed by atoms with E-state index in [-0.39, 0.29) is 11.4 Å². The van der Waals surface area contributed by atoms with Crippen LogP contribution in [-0.2, 0) is 10.5 Å². The number of imidazole rings is 1. The van der Waals surface area contributed by atoms with Gasteiger partial charge in [-0.15, -0.1) is 0 Å². The number of aliphatic hydroxyl groups is 4. The van der Waals surface area contributed by atoms with E-state index < -0.39 is 36.6 Å². The molecule has 1 aliphatic rings. The number of H-pyrrole nitrogens is 1. The molecular weight excluding hydrogens is 246 g/mol. The molecule has 100 valence electrons. The molecule has 0 radical (unpaired) electrons. The predicted molar refractivity (Wildman–Crippen MR) is 55.0 cm³/mol. The van der Waals surface area contributed by atoms with Crippen molar-refractivity contribution in [2.24, 2.45) is 5.73 Å². The van der Waals surface area contributed by atoms with E-state index in [0.29, 0.717) is 0 Å². The van der Waals surface area contributed by atoms with Crippen molar-refractivity contribution in [2.45, 2.75) is 24.1 Å². The summed E-state index contributed by atoms with van der Waals surface area (Å²) in [6.45, 7) is -0.611. The fraction of sp³-hybridized carbons (Fsp3) is 0.556. The number of nitrogens with two attached hydrogens (primary N) is 1. The number of carbonyl (C=O) groups excluding carboxylic acids is 1. The third-order valence-corrected chi connectivity index (χ3v) is 2.85. The Labute approximate surface area is 101 Å². The van der Waals surface area contributed by atoms with Gasteiger partial charge in [0.05, 0.1) is 12.9 Å². The molecule has 0 spiro atoms. The third kappa shape index (κ3) is 1.69. The molecule has 0 bridgehead atoms. The molecule has 4 atom stereocenters. The number of aromatic nitrogens is 2. The lowest BCUT2D eigenvalue weighted by atomic mass is 10.0. The van der Waals surface area contributed by atoms with Gasteiger partial charge in [-0.2, -0.15) is 0 Å². The number of nitrogens with one attached hydrogen (secondary N) is 1. The molecule has 1 fully saturated rings. The molecule has 7 N–H and O–H groups in total. The first kappa shape index (κ1) is 12.9. The van der Waals surface area contributed by atoms with Crippen LogP contribution in [0.2, 0.25) is 0 Å². The second-order valence-corrected chi connectivity index (χ2v) is 3.96. The minimum absolute atomic E-state index is 0.266. The Bertz CT molecular complexity index is 463. The van der Waals surface area contributed by atoms with Crippen molar-refractivity contribution in [1.82, 2.24) is 9.97 Å². The number of nitrogens with zero attached hydrogens (tertiary/aromatic N) is 1. The van der Waals surface area contributed by atoms with E-state index in [9.17, 15) is 20.1 Å². The molecular formula is C9H13N3O6. The van der Waals surface area contributed by atoms with Crippen LogP contribution in [-0.4, -0.2) is 61.2 Å². The Balaban J connectivity index is 2.43. The van der Waals surface area contributed by atoms with E-state index >= 15 is 0 Å². The van der Waals surface area contributed by atoms with Crippen molar-refractivity contribution >= 4 is 5.91 Å². The minimum atomic E-state index is -2.38. The van der Waals surface area contributed by atoms with Crippen LogP contribution in [0.25, 0.3) is 0 Å². The van der Waals surface area contributed by atoms with Crippen LogP contribution in [0.1, 0.15) is 16.2 Å². The highest BCUT2D eigenvalue weighted by molar-refractivity contribution is 5.92. The summed E-state index contributed by atoms with van der Waals surface area (Å²) in [5.74, 6) is -3.31. The molecule has 1 aromatic heterocycles. The highest BCUT2D eigenvalue weighted by Crippen LogP contribution is 2.37. The first-order chi connectivity index (χ1) is 8.41. The number of hydrogen-bond donors (Lipinski definition) is 6. The van der Waals surface area contributed by atoms with Gasteiger partial charge in [-0.1, -0.05) is 0 Å². The topological polar surface area (TPSA) is 162 Å². The van der Waals surface area contributed by atoms with Gasteiger partial charge in [0.2, 0.25) is 5.79 Å². The van der Waals surface area contributed by atoms with Crippen LogP contribution in [0.3, 0.4) is 0 Å². The molecule has 1 amide bonds. The van der Waals surface area contributed by atoms with Crippen molar-refractivity contribution in [1.29, 1.82) is 0 Å². The third-order valence-electron chi connectivity index (χ3n) is 2.85. The molecule has 1 saturated heterocycles. The first-order valence-corrected chi connectivity index (χ1v) is 5.12. The second-order valence-electron chi connectivity index (χ2n) is 3.96. The largest absolute Gasteiger partial charge is 0.394 e. The molecule has 9 nitrogen and oxygen atoms in total. The van der Waals surface area contributed by atoms with Gasteiger partial charge in [0, 0.05) is 0 Å². The van der Waals surface area contributed by atoms with Gasteiger partial charge in [0.25, 0.3) is 5.91 Å². The Morgan fingerprint density at radius 3 is 2.78 bits per heavy atom. The Hall–Kier alpha value is -1.52. The quantitative estimate of drug-likeness (QED) is 0.332. The molecule has 1 aliphatic heterocycles. The van der Waals surface area contributed by atoms with E-state index in [1.807, 2.05) is 0 Å². The Morgan fingerprint density at radius 2 is 2.28 bits per heavy atom. The van der Waals surface area contributed by atoms with Crippen LogP contribution in [0.4, 0.5) is 0 Å². The summed E-state index contributed by atoms with van der Waals surface area (Å²) in [4.78, 5) is 17.1. The number of carbonyl (C=O) groups is 1. The maximum Gasteiger partial charge on any atom is 0.269 e. The Morgan fingerprint density at radius 1 is 1.61 bits per heavy atom. The number of aromatic amines is 1. The summed E-state index contributed by atoms with van der Waals surface area (Å²) in [5.41, 5.74) is 4.47. The average molecular weight is 259 g/mol. The summed E-state index contributed by atoms with van der Waals surface area (Å²) in [7, 11) is 0. The zero-order valence-corrected chi connectivity index (χ0v) is 9.15. The molecule has 2 heterocycles. The standard InChI is InChI=1S/C9H13N3O6/c10-8(16)4-6(12-2-11-4)9(17)7(15)5(14)3(1-13)18-9/h2-3,5,7,13-15,17H,1H2,(H2,10,16)(H,11,12)/t3-,5-,7-,9+/m1/s1. The SMILES string of the molecule is NC(=O)c1nc[nH]c1[C@]1(O)O[C@H](CO)[C@@H](O)[C@H]1O. The van der Waals surface area contributed by atoms with Crippen molar-refractivity contribution in [2.75, 3.05) is 6.61 Å². The molecule has 0 aromatic carbocycles. The van der Waals surface area contributed by atoms with E-state index in [2.05, 4.69) is 9.97 Å².